The Kier molecular flexibility index (Phi) is 6.12. The van der Waals surface area contributed by atoms with E-state index in [1.807, 2.05) is 38.4 Å². The first-order valence-electron chi connectivity index (χ1n) is 8.28. The zero-order chi connectivity index (χ0) is 18.7. The van der Waals surface area contributed by atoms with Gasteiger partial charge in [0.25, 0.3) is 0 Å². The molecule has 0 saturated heterocycles. The maximum Gasteiger partial charge on any atom is 0.191 e. The first-order chi connectivity index (χ1) is 12.5. The quantitative estimate of drug-likeness (QED) is 0.496. The van der Waals surface area contributed by atoms with Crippen LogP contribution in [-0.4, -0.2) is 28.9 Å². The largest absolute Gasteiger partial charge is 0.378 e. The van der Waals surface area contributed by atoms with E-state index in [1.165, 1.54) is 0 Å². The lowest BCUT2D eigenvalue weighted by molar-refractivity contribution is 0.687. The first-order valence-corrected chi connectivity index (χ1v) is 10.0. The standard InChI is InChI=1S/C19H20Cl2N4S/c1-4-25-18(13-7-5-8-14(11-13)24(2)3)22-23-19(25)26-12-15-16(20)9-6-10-17(15)21/h5-11H,4,12H2,1-3H3. The monoisotopic (exact) mass is 406 g/mol. The van der Waals surface area contributed by atoms with Crippen LogP contribution in [0, 0.1) is 0 Å². The van der Waals surface area contributed by atoms with Gasteiger partial charge in [0.05, 0.1) is 0 Å². The molecule has 0 aliphatic carbocycles. The van der Waals surface area contributed by atoms with Crippen LogP contribution in [0.15, 0.2) is 47.6 Å². The van der Waals surface area contributed by atoms with Gasteiger partial charge in [0, 0.05) is 47.7 Å². The van der Waals surface area contributed by atoms with E-state index in [0.29, 0.717) is 15.8 Å². The number of halogens is 2. The summed E-state index contributed by atoms with van der Waals surface area (Å²) in [4.78, 5) is 2.07. The first kappa shape index (κ1) is 19.1. The van der Waals surface area contributed by atoms with Crippen LogP contribution in [0.2, 0.25) is 10.0 Å². The molecule has 0 aliphatic heterocycles. The van der Waals surface area contributed by atoms with Gasteiger partial charge in [-0.2, -0.15) is 0 Å². The molecule has 4 nitrogen and oxygen atoms in total. The van der Waals surface area contributed by atoms with Crippen molar-refractivity contribution in [2.45, 2.75) is 24.4 Å². The summed E-state index contributed by atoms with van der Waals surface area (Å²) in [6.07, 6.45) is 0. The molecule has 0 radical (unpaired) electrons. The molecule has 0 bridgehead atoms. The molecular weight excluding hydrogens is 387 g/mol. The highest BCUT2D eigenvalue weighted by Crippen LogP contribution is 2.32. The van der Waals surface area contributed by atoms with Crippen LogP contribution >= 0.6 is 35.0 Å². The number of aromatic nitrogens is 3. The highest BCUT2D eigenvalue weighted by atomic mass is 35.5. The van der Waals surface area contributed by atoms with Crippen molar-refractivity contribution in [3.8, 4) is 11.4 Å². The molecule has 0 atom stereocenters. The summed E-state index contributed by atoms with van der Waals surface area (Å²) in [5.41, 5.74) is 3.10. The van der Waals surface area contributed by atoms with Gasteiger partial charge in [0.15, 0.2) is 11.0 Å². The van der Waals surface area contributed by atoms with Gasteiger partial charge in [-0.15, -0.1) is 10.2 Å². The normalized spacial score (nSPS) is 11.0. The summed E-state index contributed by atoms with van der Waals surface area (Å²) in [6, 6.07) is 13.8. The minimum Gasteiger partial charge on any atom is -0.378 e. The number of hydrogen-bond acceptors (Lipinski definition) is 4. The van der Waals surface area contributed by atoms with Crippen molar-refractivity contribution < 1.29 is 0 Å². The molecule has 2 aromatic carbocycles. The van der Waals surface area contributed by atoms with Crippen molar-refractivity contribution in [3.05, 3.63) is 58.1 Å². The molecule has 136 valence electrons. The number of thioether (sulfide) groups is 1. The maximum atomic E-state index is 6.27. The molecular formula is C19H20Cl2N4S. The van der Waals surface area contributed by atoms with E-state index in [0.717, 1.165) is 34.3 Å². The van der Waals surface area contributed by atoms with E-state index in [2.05, 4.69) is 44.8 Å². The smallest absolute Gasteiger partial charge is 0.191 e. The Morgan fingerprint density at radius 3 is 2.38 bits per heavy atom. The lowest BCUT2D eigenvalue weighted by Crippen LogP contribution is -2.08. The van der Waals surface area contributed by atoms with Crippen LogP contribution in [0.4, 0.5) is 5.69 Å². The number of rotatable bonds is 6. The van der Waals surface area contributed by atoms with E-state index in [9.17, 15) is 0 Å². The number of hydrogen-bond donors (Lipinski definition) is 0. The Morgan fingerprint density at radius 2 is 1.73 bits per heavy atom. The molecule has 26 heavy (non-hydrogen) atoms. The van der Waals surface area contributed by atoms with Gasteiger partial charge in [0.2, 0.25) is 0 Å². The molecule has 0 saturated carbocycles. The van der Waals surface area contributed by atoms with Crippen LogP contribution < -0.4 is 4.90 Å². The third kappa shape index (κ3) is 4.00. The van der Waals surface area contributed by atoms with E-state index >= 15 is 0 Å². The zero-order valence-corrected chi connectivity index (χ0v) is 17.2. The van der Waals surface area contributed by atoms with Crippen molar-refractivity contribution >= 4 is 40.7 Å². The Morgan fingerprint density at radius 1 is 1.04 bits per heavy atom. The number of nitrogens with zero attached hydrogens (tertiary/aromatic N) is 4. The molecule has 0 amide bonds. The van der Waals surface area contributed by atoms with Gasteiger partial charge in [0.1, 0.15) is 0 Å². The minimum absolute atomic E-state index is 0.647. The lowest BCUT2D eigenvalue weighted by atomic mass is 10.2. The maximum absolute atomic E-state index is 6.27. The summed E-state index contributed by atoms with van der Waals surface area (Å²) in [5, 5.41) is 11.0. The Bertz CT molecular complexity index is 888. The SMILES string of the molecule is CCn1c(SCc2c(Cl)cccc2Cl)nnc1-c1cccc(N(C)C)c1. The van der Waals surface area contributed by atoms with Gasteiger partial charge in [-0.05, 0) is 36.8 Å². The molecule has 0 fully saturated rings. The fraction of sp³-hybridized carbons (Fsp3) is 0.263. The summed E-state index contributed by atoms with van der Waals surface area (Å²) in [5.74, 6) is 1.51. The third-order valence-electron chi connectivity index (χ3n) is 4.06. The summed E-state index contributed by atoms with van der Waals surface area (Å²) < 4.78 is 2.12. The predicted octanol–water partition coefficient (Wildman–Crippen LogP) is 5.63. The minimum atomic E-state index is 0.647. The van der Waals surface area contributed by atoms with Gasteiger partial charge in [-0.25, -0.2) is 0 Å². The number of benzene rings is 2. The van der Waals surface area contributed by atoms with Crippen LogP contribution in [0.5, 0.6) is 0 Å². The van der Waals surface area contributed by atoms with E-state index in [1.54, 1.807) is 11.8 Å². The van der Waals surface area contributed by atoms with Crippen molar-refractivity contribution in [1.29, 1.82) is 0 Å². The number of anilines is 1. The van der Waals surface area contributed by atoms with Crippen molar-refractivity contribution in [2.24, 2.45) is 0 Å². The predicted molar refractivity (Wildman–Crippen MR) is 111 cm³/mol. The molecule has 0 unspecified atom stereocenters. The molecule has 1 aromatic heterocycles. The van der Waals surface area contributed by atoms with E-state index in [4.69, 9.17) is 23.2 Å². The molecule has 1 heterocycles. The van der Waals surface area contributed by atoms with Gasteiger partial charge in [-0.3, -0.25) is 0 Å². The highest BCUT2D eigenvalue weighted by Gasteiger charge is 2.15. The fourth-order valence-electron chi connectivity index (χ4n) is 2.62. The molecule has 3 aromatic rings. The summed E-state index contributed by atoms with van der Waals surface area (Å²) in [6.45, 7) is 2.88. The lowest BCUT2D eigenvalue weighted by Gasteiger charge is -2.14. The van der Waals surface area contributed by atoms with Crippen molar-refractivity contribution in [3.63, 3.8) is 0 Å². The molecule has 7 heteroatoms. The topological polar surface area (TPSA) is 34.0 Å². The molecule has 0 N–H and O–H groups in total. The van der Waals surface area contributed by atoms with Crippen LogP contribution in [0.1, 0.15) is 12.5 Å². The molecule has 3 rings (SSSR count). The van der Waals surface area contributed by atoms with Crippen LogP contribution in [-0.2, 0) is 12.3 Å². The van der Waals surface area contributed by atoms with Crippen LogP contribution in [0.25, 0.3) is 11.4 Å². The van der Waals surface area contributed by atoms with Crippen molar-refractivity contribution in [1.82, 2.24) is 14.8 Å². The van der Waals surface area contributed by atoms with Gasteiger partial charge < -0.3 is 9.47 Å². The molecule has 0 spiro atoms. The second-order valence-corrected chi connectivity index (χ2v) is 7.74. The third-order valence-corrected chi connectivity index (χ3v) is 5.76. The Balaban J connectivity index is 1.88. The zero-order valence-electron chi connectivity index (χ0n) is 14.9. The van der Waals surface area contributed by atoms with Crippen LogP contribution in [0.3, 0.4) is 0 Å². The average Bonchev–Trinajstić information content (AvgIpc) is 3.04. The fourth-order valence-corrected chi connectivity index (χ4v) is 4.37. The summed E-state index contributed by atoms with van der Waals surface area (Å²) in [7, 11) is 4.05. The Labute approximate surface area is 168 Å². The van der Waals surface area contributed by atoms with Crippen molar-refractivity contribution in [2.75, 3.05) is 19.0 Å². The molecule has 0 aliphatic rings. The van der Waals surface area contributed by atoms with Gasteiger partial charge in [-0.1, -0.05) is 53.2 Å². The second kappa shape index (κ2) is 8.33. The van der Waals surface area contributed by atoms with Gasteiger partial charge >= 0.3 is 0 Å². The average molecular weight is 407 g/mol. The Hall–Kier alpha value is -1.69. The second-order valence-electron chi connectivity index (χ2n) is 5.98. The highest BCUT2D eigenvalue weighted by molar-refractivity contribution is 7.98. The summed E-state index contributed by atoms with van der Waals surface area (Å²) >= 11 is 14.1. The van der Waals surface area contributed by atoms with E-state index in [-0.39, 0.29) is 0 Å². The van der Waals surface area contributed by atoms with E-state index < -0.39 is 0 Å².